The Hall–Kier alpha value is -3.68. The summed E-state index contributed by atoms with van der Waals surface area (Å²) in [6.07, 6.45) is -14.6. The molecule has 0 N–H and O–H groups in total. The maximum atomic E-state index is 13.3. The van der Waals surface area contributed by atoms with Crippen molar-refractivity contribution in [1.29, 1.82) is 0 Å². The van der Waals surface area contributed by atoms with E-state index in [1.807, 2.05) is 0 Å². The number of aromatic nitrogens is 2. The Bertz CT molecular complexity index is 1520. The van der Waals surface area contributed by atoms with Gasteiger partial charge >= 0.3 is 24.5 Å². The summed E-state index contributed by atoms with van der Waals surface area (Å²) in [5.41, 5.74) is -2.77. The molecule has 0 fully saturated rings. The summed E-state index contributed by atoms with van der Waals surface area (Å²) in [5.74, 6) is -0.974. The number of halogens is 9. The van der Waals surface area contributed by atoms with Gasteiger partial charge in [-0.3, -0.25) is 0 Å². The molecular formula is C27H19F9N2O2S. The highest BCUT2D eigenvalue weighted by molar-refractivity contribution is 7.98. The molecule has 0 saturated carbocycles. The first-order valence-corrected chi connectivity index (χ1v) is 12.8. The third-order valence-corrected chi connectivity index (χ3v) is 6.91. The predicted octanol–water partition coefficient (Wildman–Crippen LogP) is 8.61. The van der Waals surface area contributed by atoms with E-state index < -0.39 is 41.2 Å². The molecule has 0 aliphatic rings. The number of fused-ring (bicyclic) bond motifs is 1. The number of benzene rings is 3. The van der Waals surface area contributed by atoms with Gasteiger partial charge in [-0.05, 0) is 66.6 Å². The average Bonchev–Trinajstić information content (AvgIpc) is 3.22. The molecular weight excluding hydrogens is 587 g/mol. The van der Waals surface area contributed by atoms with Crippen LogP contribution in [-0.4, -0.2) is 22.1 Å². The van der Waals surface area contributed by atoms with E-state index in [9.17, 15) is 44.3 Å². The monoisotopic (exact) mass is 606 g/mol. The van der Waals surface area contributed by atoms with Crippen LogP contribution in [0.2, 0.25) is 0 Å². The van der Waals surface area contributed by atoms with Gasteiger partial charge in [0.2, 0.25) is 0 Å². The number of alkyl halides is 9. The zero-order chi connectivity index (χ0) is 30.2. The summed E-state index contributed by atoms with van der Waals surface area (Å²) in [6, 6.07) is 9.92. The van der Waals surface area contributed by atoms with Gasteiger partial charge in [0.15, 0.2) is 5.16 Å². The minimum absolute atomic E-state index is 0.0217. The van der Waals surface area contributed by atoms with Gasteiger partial charge in [0.1, 0.15) is 0 Å². The van der Waals surface area contributed by atoms with E-state index in [4.69, 9.17) is 4.74 Å². The van der Waals surface area contributed by atoms with Crippen LogP contribution in [0.4, 0.5) is 39.5 Å². The Morgan fingerprint density at radius 2 is 1.37 bits per heavy atom. The highest BCUT2D eigenvalue weighted by Crippen LogP contribution is 2.38. The summed E-state index contributed by atoms with van der Waals surface area (Å²) < 4.78 is 125. The van der Waals surface area contributed by atoms with Gasteiger partial charge < -0.3 is 9.30 Å². The van der Waals surface area contributed by atoms with Gasteiger partial charge in [0.25, 0.3) is 0 Å². The van der Waals surface area contributed by atoms with Gasteiger partial charge in [-0.25, -0.2) is 9.78 Å². The van der Waals surface area contributed by atoms with E-state index in [-0.39, 0.29) is 46.8 Å². The highest BCUT2D eigenvalue weighted by atomic mass is 32.2. The lowest BCUT2D eigenvalue weighted by Crippen LogP contribution is -2.11. The fraction of sp³-hybridized carbons (Fsp3) is 0.259. The summed E-state index contributed by atoms with van der Waals surface area (Å²) in [5, 5.41) is 0.159. The second kappa shape index (κ2) is 11.3. The van der Waals surface area contributed by atoms with Gasteiger partial charge in [-0.15, -0.1) is 0 Å². The summed E-state index contributed by atoms with van der Waals surface area (Å²) >= 11 is 0.837. The quantitative estimate of drug-likeness (QED) is 0.120. The van der Waals surface area contributed by atoms with Crippen LogP contribution in [0.15, 0.2) is 65.8 Å². The number of carbonyl (C=O) groups is 1. The number of nitrogens with zero attached hydrogens (tertiary/aromatic N) is 2. The molecule has 0 spiro atoms. The highest BCUT2D eigenvalue weighted by Gasteiger charge is 2.37. The number of hydrogen-bond donors (Lipinski definition) is 0. The van der Waals surface area contributed by atoms with Crippen LogP contribution in [0, 0.1) is 0 Å². The third kappa shape index (κ3) is 7.16. The van der Waals surface area contributed by atoms with Crippen LogP contribution in [0.5, 0.6) is 0 Å². The Morgan fingerprint density at radius 3 is 1.90 bits per heavy atom. The smallest absolute Gasteiger partial charge is 0.416 e. The molecule has 0 aliphatic heterocycles. The molecule has 218 valence electrons. The first kappa shape index (κ1) is 30.3. The predicted molar refractivity (Wildman–Crippen MR) is 132 cm³/mol. The molecule has 4 nitrogen and oxygen atoms in total. The summed E-state index contributed by atoms with van der Waals surface area (Å²) in [6.45, 7) is 1.70. The topological polar surface area (TPSA) is 44.1 Å². The Kier molecular flexibility index (Phi) is 8.35. The van der Waals surface area contributed by atoms with Crippen molar-refractivity contribution in [2.24, 2.45) is 0 Å². The van der Waals surface area contributed by atoms with Crippen LogP contribution < -0.4 is 0 Å². The largest absolute Gasteiger partial charge is 0.462 e. The van der Waals surface area contributed by atoms with E-state index in [1.54, 1.807) is 11.5 Å². The molecule has 4 aromatic rings. The SMILES string of the molecule is CCOC(=O)c1ccc2c(c1)nc(SCc1cc(C(F)(F)F)cc(C(F)(F)F)c1)n2Cc1ccc(C(F)(F)F)cc1. The number of hydrogen-bond acceptors (Lipinski definition) is 4. The van der Waals surface area contributed by atoms with Gasteiger partial charge in [-0.1, -0.05) is 23.9 Å². The minimum Gasteiger partial charge on any atom is -0.462 e. The lowest BCUT2D eigenvalue weighted by Gasteiger charge is -2.14. The molecule has 14 heteroatoms. The van der Waals surface area contributed by atoms with E-state index >= 15 is 0 Å². The molecule has 1 heterocycles. The zero-order valence-electron chi connectivity index (χ0n) is 20.9. The molecule has 0 aliphatic carbocycles. The zero-order valence-corrected chi connectivity index (χ0v) is 21.7. The maximum Gasteiger partial charge on any atom is 0.416 e. The van der Waals surface area contributed by atoms with Crippen molar-refractivity contribution in [2.75, 3.05) is 6.61 Å². The van der Waals surface area contributed by atoms with E-state index in [2.05, 4.69) is 4.98 Å². The average molecular weight is 607 g/mol. The number of ether oxygens (including phenoxy) is 1. The Labute approximate surface area is 231 Å². The number of imidazole rings is 1. The fourth-order valence-corrected chi connectivity index (χ4v) is 4.89. The maximum absolute atomic E-state index is 13.3. The van der Waals surface area contributed by atoms with Crippen molar-refractivity contribution in [2.45, 2.75) is 42.9 Å². The Morgan fingerprint density at radius 1 is 0.780 bits per heavy atom. The van der Waals surface area contributed by atoms with Crippen molar-refractivity contribution < 1.29 is 49.0 Å². The number of thioether (sulfide) groups is 1. The summed E-state index contributed by atoms with van der Waals surface area (Å²) in [7, 11) is 0. The minimum atomic E-state index is -5.01. The second-order valence-corrected chi connectivity index (χ2v) is 9.74. The van der Waals surface area contributed by atoms with Crippen molar-refractivity contribution >= 4 is 28.8 Å². The van der Waals surface area contributed by atoms with Crippen molar-refractivity contribution in [1.82, 2.24) is 9.55 Å². The molecule has 0 saturated heterocycles. The van der Waals surface area contributed by atoms with Crippen LogP contribution in [0.3, 0.4) is 0 Å². The van der Waals surface area contributed by atoms with E-state index in [0.717, 1.165) is 23.9 Å². The fourth-order valence-electron chi connectivity index (χ4n) is 3.94. The van der Waals surface area contributed by atoms with Crippen LogP contribution in [-0.2, 0) is 35.6 Å². The molecule has 0 radical (unpaired) electrons. The van der Waals surface area contributed by atoms with E-state index in [1.165, 1.54) is 30.3 Å². The van der Waals surface area contributed by atoms with Crippen LogP contribution in [0.1, 0.15) is 45.1 Å². The molecule has 0 amide bonds. The number of esters is 1. The lowest BCUT2D eigenvalue weighted by atomic mass is 10.1. The molecule has 3 aromatic carbocycles. The number of carbonyl (C=O) groups excluding carboxylic acids is 1. The van der Waals surface area contributed by atoms with Crippen LogP contribution >= 0.6 is 11.8 Å². The molecule has 41 heavy (non-hydrogen) atoms. The molecule has 0 atom stereocenters. The normalized spacial score (nSPS) is 12.6. The van der Waals surface area contributed by atoms with Crippen LogP contribution in [0.25, 0.3) is 11.0 Å². The Balaban J connectivity index is 1.73. The molecule has 4 rings (SSSR count). The van der Waals surface area contributed by atoms with Gasteiger partial charge in [-0.2, -0.15) is 39.5 Å². The van der Waals surface area contributed by atoms with Crippen molar-refractivity contribution in [3.8, 4) is 0 Å². The van der Waals surface area contributed by atoms with Gasteiger partial charge in [0.05, 0.1) is 46.4 Å². The molecule has 0 unspecified atom stereocenters. The first-order chi connectivity index (χ1) is 19.1. The van der Waals surface area contributed by atoms with Crippen molar-refractivity contribution in [3.63, 3.8) is 0 Å². The summed E-state index contributed by atoms with van der Waals surface area (Å²) in [4.78, 5) is 16.6. The third-order valence-electron chi connectivity index (χ3n) is 5.86. The number of rotatable bonds is 7. The lowest BCUT2D eigenvalue weighted by molar-refractivity contribution is -0.143. The standard InChI is InChI=1S/C27H19F9N2O2S/c1-2-40-23(39)17-5-8-22-21(11-17)37-24(38(22)13-15-3-6-18(7-4-15)25(28,29)30)41-14-16-9-19(26(31,32)33)12-20(10-16)27(34,35)36/h3-12H,2,13-14H2,1H3. The van der Waals surface area contributed by atoms with Crippen molar-refractivity contribution in [3.05, 3.63) is 94.0 Å². The molecule has 1 aromatic heterocycles. The molecule has 0 bridgehead atoms. The second-order valence-electron chi connectivity index (χ2n) is 8.80. The van der Waals surface area contributed by atoms with Gasteiger partial charge in [0, 0.05) is 5.75 Å². The first-order valence-electron chi connectivity index (χ1n) is 11.8. The van der Waals surface area contributed by atoms with E-state index in [0.29, 0.717) is 23.2 Å².